The van der Waals surface area contributed by atoms with E-state index in [1.54, 1.807) is 24.3 Å². The van der Waals surface area contributed by atoms with E-state index in [1.807, 2.05) is 36.4 Å². The third-order valence-corrected chi connectivity index (χ3v) is 3.20. The molecule has 3 heteroatoms. The van der Waals surface area contributed by atoms with Gasteiger partial charge in [-0.3, -0.25) is 9.59 Å². The molecule has 0 bridgehead atoms. The van der Waals surface area contributed by atoms with Crippen LogP contribution in [-0.2, 0) is 11.2 Å². The van der Waals surface area contributed by atoms with Crippen LogP contribution in [0, 0.1) is 5.92 Å². The first-order chi connectivity index (χ1) is 9.66. The molecule has 2 rings (SSSR count). The number of carboxylic acid groups (broad SMARTS) is 1. The van der Waals surface area contributed by atoms with E-state index in [-0.39, 0.29) is 12.2 Å². The minimum absolute atomic E-state index is 0.0221. The standard InChI is InChI=1S/C17H16O3/c18-16(14-9-5-2-6-10-14)12-15(17(19)20)11-13-7-3-1-4-8-13/h1-10,15H,11-12H2,(H,19,20)/t15-/m1/s1. The third kappa shape index (κ3) is 3.79. The average Bonchev–Trinajstić information content (AvgIpc) is 2.48. The molecule has 1 atom stereocenters. The molecule has 102 valence electrons. The molecule has 0 aliphatic rings. The van der Waals surface area contributed by atoms with Crippen LogP contribution in [0.5, 0.6) is 0 Å². The van der Waals surface area contributed by atoms with Crippen molar-refractivity contribution in [1.82, 2.24) is 0 Å². The molecule has 2 aromatic rings. The van der Waals surface area contributed by atoms with E-state index >= 15 is 0 Å². The highest BCUT2D eigenvalue weighted by molar-refractivity contribution is 5.97. The Morgan fingerprint density at radius 3 is 2.00 bits per heavy atom. The van der Waals surface area contributed by atoms with Crippen LogP contribution >= 0.6 is 0 Å². The zero-order valence-electron chi connectivity index (χ0n) is 11.0. The molecular formula is C17H16O3. The quantitative estimate of drug-likeness (QED) is 0.818. The lowest BCUT2D eigenvalue weighted by Gasteiger charge is -2.11. The van der Waals surface area contributed by atoms with Gasteiger partial charge in [-0.2, -0.15) is 0 Å². The van der Waals surface area contributed by atoms with Gasteiger partial charge in [0.15, 0.2) is 5.78 Å². The molecular weight excluding hydrogens is 252 g/mol. The van der Waals surface area contributed by atoms with Gasteiger partial charge in [0, 0.05) is 12.0 Å². The Morgan fingerprint density at radius 1 is 0.900 bits per heavy atom. The summed E-state index contributed by atoms with van der Waals surface area (Å²) < 4.78 is 0. The maximum Gasteiger partial charge on any atom is 0.307 e. The Hall–Kier alpha value is -2.42. The minimum Gasteiger partial charge on any atom is -0.481 e. The van der Waals surface area contributed by atoms with Crippen LogP contribution in [-0.4, -0.2) is 16.9 Å². The van der Waals surface area contributed by atoms with Crippen molar-refractivity contribution in [3.8, 4) is 0 Å². The number of rotatable bonds is 6. The number of carboxylic acids is 1. The summed E-state index contributed by atoms with van der Waals surface area (Å²) in [7, 11) is 0. The highest BCUT2D eigenvalue weighted by atomic mass is 16.4. The van der Waals surface area contributed by atoms with Gasteiger partial charge in [0.25, 0.3) is 0 Å². The zero-order valence-corrected chi connectivity index (χ0v) is 11.0. The van der Waals surface area contributed by atoms with Gasteiger partial charge in [-0.05, 0) is 12.0 Å². The van der Waals surface area contributed by atoms with Gasteiger partial charge in [-0.25, -0.2) is 0 Å². The second kappa shape index (κ2) is 6.66. The maximum atomic E-state index is 12.1. The molecule has 0 radical (unpaired) electrons. The fourth-order valence-corrected chi connectivity index (χ4v) is 2.11. The molecule has 1 N–H and O–H groups in total. The molecule has 0 heterocycles. The fourth-order valence-electron chi connectivity index (χ4n) is 2.11. The first kappa shape index (κ1) is 14.0. The molecule has 3 nitrogen and oxygen atoms in total. The summed E-state index contributed by atoms with van der Waals surface area (Å²) >= 11 is 0. The highest BCUT2D eigenvalue weighted by Gasteiger charge is 2.22. The van der Waals surface area contributed by atoms with Crippen molar-refractivity contribution in [3.05, 3.63) is 71.8 Å². The second-order valence-corrected chi connectivity index (χ2v) is 4.72. The largest absolute Gasteiger partial charge is 0.481 e. The average molecular weight is 268 g/mol. The van der Waals surface area contributed by atoms with Crippen LogP contribution in [0.1, 0.15) is 22.3 Å². The summed E-state index contributed by atoms with van der Waals surface area (Å²) in [5, 5.41) is 9.28. The predicted molar refractivity (Wildman–Crippen MR) is 76.7 cm³/mol. The highest BCUT2D eigenvalue weighted by Crippen LogP contribution is 2.16. The van der Waals surface area contributed by atoms with Gasteiger partial charge in [-0.1, -0.05) is 60.7 Å². The smallest absolute Gasteiger partial charge is 0.307 e. The van der Waals surface area contributed by atoms with Crippen molar-refractivity contribution in [2.45, 2.75) is 12.8 Å². The van der Waals surface area contributed by atoms with Crippen molar-refractivity contribution in [1.29, 1.82) is 0 Å². The van der Waals surface area contributed by atoms with Gasteiger partial charge >= 0.3 is 5.97 Å². The summed E-state index contributed by atoms with van der Waals surface area (Å²) in [5.41, 5.74) is 1.49. The van der Waals surface area contributed by atoms with E-state index < -0.39 is 11.9 Å². The Kier molecular flexibility index (Phi) is 4.66. The van der Waals surface area contributed by atoms with Crippen molar-refractivity contribution >= 4 is 11.8 Å². The number of ketones is 1. The molecule has 0 saturated carbocycles. The normalized spacial score (nSPS) is 11.8. The fraction of sp³-hybridized carbons (Fsp3) is 0.176. The SMILES string of the molecule is O=C(C[C@@H](Cc1ccccc1)C(=O)O)c1ccccc1. The molecule has 0 saturated heterocycles. The lowest BCUT2D eigenvalue weighted by molar-refractivity contribution is -0.141. The molecule has 0 aliphatic heterocycles. The summed E-state index contributed by atoms with van der Waals surface area (Å²) in [5.74, 6) is -1.75. The van der Waals surface area contributed by atoms with E-state index in [0.29, 0.717) is 12.0 Å². The van der Waals surface area contributed by atoms with Gasteiger partial charge < -0.3 is 5.11 Å². The Morgan fingerprint density at radius 2 is 1.45 bits per heavy atom. The summed E-state index contributed by atoms with van der Waals surface area (Å²) in [6.07, 6.45) is 0.392. The van der Waals surface area contributed by atoms with E-state index in [4.69, 9.17) is 0 Å². The van der Waals surface area contributed by atoms with Gasteiger partial charge in [0.2, 0.25) is 0 Å². The van der Waals surface area contributed by atoms with Gasteiger partial charge in [0.05, 0.1) is 5.92 Å². The summed E-state index contributed by atoms with van der Waals surface area (Å²) in [4.78, 5) is 23.4. The monoisotopic (exact) mass is 268 g/mol. The number of benzene rings is 2. The van der Waals surface area contributed by atoms with Crippen LogP contribution in [0.25, 0.3) is 0 Å². The Balaban J connectivity index is 2.07. The molecule has 0 fully saturated rings. The molecule has 0 unspecified atom stereocenters. The van der Waals surface area contributed by atoms with Crippen molar-refractivity contribution in [2.24, 2.45) is 5.92 Å². The van der Waals surface area contributed by atoms with Crippen LogP contribution in [0.15, 0.2) is 60.7 Å². The van der Waals surface area contributed by atoms with E-state index in [0.717, 1.165) is 5.56 Å². The zero-order chi connectivity index (χ0) is 14.4. The minimum atomic E-state index is -0.932. The molecule has 20 heavy (non-hydrogen) atoms. The number of hydrogen-bond donors (Lipinski definition) is 1. The topological polar surface area (TPSA) is 54.4 Å². The van der Waals surface area contributed by atoms with E-state index in [9.17, 15) is 14.7 Å². The first-order valence-corrected chi connectivity index (χ1v) is 6.52. The molecule has 2 aromatic carbocycles. The number of carbonyl (C=O) groups excluding carboxylic acids is 1. The molecule has 0 aliphatic carbocycles. The van der Waals surface area contributed by atoms with Crippen LogP contribution in [0.3, 0.4) is 0 Å². The van der Waals surface area contributed by atoms with Crippen molar-refractivity contribution < 1.29 is 14.7 Å². The van der Waals surface area contributed by atoms with Crippen molar-refractivity contribution in [3.63, 3.8) is 0 Å². The number of hydrogen-bond acceptors (Lipinski definition) is 2. The van der Waals surface area contributed by atoms with Crippen molar-refractivity contribution in [2.75, 3.05) is 0 Å². The van der Waals surface area contributed by atoms with Crippen LogP contribution < -0.4 is 0 Å². The lowest BCUT2D eigenvalue weighted by atomic mass is 9.92. The molecule has 0 amide bonds. The number of aliphatic carboxylic acids is 1. The predicted octanol–water partition coefficient (Wildman–Crippen LogP) is 3.20. The number of carbonyl (C=O) groups is 2. The molecule has 0 spiro atoms. The van der Waals surface area contributed by atoms with Gasteiger partial charge in [-0.15, -0.1) is 0 Å². The Bertz CT molecular complexity index is 576. The number of Topliss-reactive ketones (excluding diaryl/α,β-unsaturated/α-hetero) is 1. The third-order valence-electron chi connectivity index (χ3n) is 3.20. The van der Waals surface area contributed by atoms with E-state index in [1.165, 1.54) is 0 Å². The van der Waals surface area contributed by atoms with E-state index in [2.05, 4.69) is 0 Å². The van der Waals surface area contributed by atoms with Gasteiger partial charge in [0.1, 0.15) is 0 Å². The summed E-state index contributed by atoms with van der Waals surface area (Å²) in [6.45, 7) is 0. The lowest BCUT2D eigenvalue weighted by Crippen LogP contribution is -2.20. The Labute approximate surface area is 117 Å². The summed E-state index contributed by atoms with van der Waals surface area (Å²) in [6, 6.07) is 18.2. The van der Waals surface area contributed by atoms with Crippen LogP contribution in [0.2, 0.25) is 0 Å². The van der Waals surface area contributed by atoms with Crippen LogP contribution in [0.4, 0.5) is 0 Å². The maximum absolute atomic E-state index is 12.1. The molecule has 0 aromatic heterocycles. The first-order valence-electron chi connectivity index (χ1n) is 6.52. The second-order valence-electron chi connectivity index (χ2n) is 4.72.